The molecular weight excluding hydrogens is 256 g/mol. The normalized spacial score (nSPS) is 12.7. The van der Waals surface area contributed by atoms with Crippen LogP contribution in [0.2, 0.25) is 0 Å². The minimum atomic E-state index is -0.597. The SMILES string of the molecule is Cc1cccc(C(O)Cc2nc3ccccc3s2)n1. The van der Waals surface area contributed by atoms with Crippen LogP contribution in [0.3, 0.4) is 0 Å². The van der Waals surface area contributed by atoms with E-state index < -0.39 is 6.10 Å². The summed E-state index contributed by atoms with van der Waals surface area (Å²) >= 11 is 1.63. The predicted molar refractivity (Wildman–Crippen MR) is 77.3 cm³/mol. The van der Waals surface area contributed by atoms with E-state index in [9.17, 15) is 5.11 Å². The average molecular weight is 270 g/mol. The molecule has 0 saturated heterocycles. The fourth-order valence-electron chi connectivity index (χ4n) is 2.03. The highest BCUT2D eigenvalue weighted by Crippen LogP contribution is 2.25. The number of pyridine rings is 1. The quantitative estimate of drug-likeness (QED) is 0.794. The minimum Gasteiger partial charge on any atom is -0.386 e. The molecule has 3 aromatic rings. The van der Waals surface area contributed by atoms with Crippen molar-refractivity contribution in [3.05, 3.63) is 58.9 Å². The molecule has 4 heteroatoms. The summed E-state index contributed by atoms with van der Waals surface area (Å²) in [5.74, 6) is 0. The number of thiazole rings is 1. The van der Waals surface area contributed by atoms with Crippen molar-refractivity contribution in [3.63, 3.8) is 0 Å². The van der Waals surface area contributed by atoms with Gasteiger partial charge in [-0.1, -0.05) is 18.2 Å². The van der Waals surface area contributed by atoms with Gasteiger partial charge < -0.3 is 5.11 Å². The Morgan fingerprint density at radius 3 is 2.74 bits per heavy atom. The monoisotopic (exact) mass is 270 g/mol. The van der Waals surface area contributed by atoms with Crippen LogP contribution in [0.15, 0.2) is 42.5 Å². The lowest BCUT2D eigenvalue weighted by Gasteiger charge is -2.08. The van der Waals surface area contributed by atoms with E-state index >= 15 is 0 Å². The van der Waals surface area contributed by atoms with Crippen LogP contribution >= 0.6 is 11.3 Å². The van der Waals surface area contributed by atoms with E-state index in [0.29, 0.717) is 12.1 Å². The number of aliphatic hydroxyl groups excluding tert-OH is 1. The fraction of sp³-hybridized carbons (Fsp3) is 0.200. The van der Waals surface area contributed by atoms with Gasteiger partial charge in [0.15, 0.2) is 0 Å². The summed E-state index contributed by atoms with van der Waals surface area (Å²) in [5, 5.41) is 11.2. The van der Waals surface area contributed by atoms with Gasteiger partial charge in [-0.25, -0.2) is 4.98 Å². The molecule has 3 rings (SSSR count). The standard InChI is InChI=1S/C15H14N2OS/c1-10-5-4-7-11(16-10)13(18)9-15-17-12-6-2-3-8-14(12)19-15/h2-8,13,18H,9H2,1H3. The van der Waals surface area contributed by atoms with Crippen LogP contribution in [0.4, 0.5) is 0 Å². The molecule has 0 aliphatic carbocycles. The Labute approximate surface area is 115 Å². The molecule has 1 N–H and O–H groups in total. The van der Waals surface area contributed by atoms with E-state index in [1.165, 1.54) is 0 Å². The van der Waals surface area contributed by atoms with Crippen molar-refractivity contribution < 1.29 is 5.11 Å². The number of hydrogen-bond acceptors (Lipinski definition) is 4. The van der Waals surface area contributed by atoms with E-state index in [0.717, 1.165) is 20.9 Å². The Hall–Kier alpha value is -1.78. The molecule has 0 radical (unpaired) electrons. The molecule has 1 unspecified atom stereocenters. The van der Waals surface area contributed by atoms with Crippen LogP contribution in [0.1, 0.15) is 22.5 Å². The third-order valence-electron chi connectivity index (χ3n) is 2.96. The number of rotatable bonds is 3. The molecule has 1 atom stereocenters. The topological polar surface area (TPSA) is 46.0 Å². The zero-order chi connectivity index (χ0) is 13.2. The van der Waals surface area contributed by atoms with Gasteiger partial charge in [0.2, 0.25) is 0 Å². The summed E-state index contributed by atoms with van der Waals surface area (Å²) in [6.07, 6.45) is -0.0871. The molecule has 19 heavy (non-hydrogen) atoms. The first-order valence-corrected chi connectivity index (χ1v) is 7.00. The van der Waals surface area contributed by atoms with E-state index in [2.05, 4.69) is 9.97 Å². The molecule has 0 fully saturated rings. The maximum absolute atomic E-state index is 10.2. The van der Waals surface area contributed by atoms with Crippen LogP contribution in [-0.2, 0) is 6.42 Å². The average Bonchev–Trinajstić information content (AvgIpc) is 2.80. The second kappa shape index (κ2) is 5.07. The number of aliphatic hydroxyl groups is 1. The zero-order valence-electron chi connectivity index (χ0n) is 10.6. The van der Waals surface area contributed by atoms with Gasteiger partial charge in [0.1, 0.15) is 6.10 Å². The third-order valence-corrected chi connectivity index (χ3v) is 4.02. The minimum absolute atomic E-state index is 0.510. The fourth-order valence-corrected chi connectivity index (χ4v) is 3.03. The van der Waals surface area contributed by atoms with Crippen LogP contribution < -0.4 is 0 Å². The maximum Gasteiger partial charge on any atom is 0.102 e. The zero-order valence-corrected chi connectivity index (χ0v) is 11.4. The van der Waals surface area contributed by atoms with Gasteiger partial charge in [0.25, 0.3) is 0 Å². The van der Waals surface area contributed by atoms with Crippen molar-refractivity contribution in [2.45, 2.75) is 19.4 Å². The number of hydrogen-bond donors (Lipinski definition) is 1. The Kier molecular flexibility index (Phi) is 3.27. The predicted octanol–water partition coefficient (Wildman–Crippen LogP) is 3.28. The number of aromatic nitrogens is 2. The van der Waals surface area contributed by atoms with Crippen LogP contribution in [0.25, 0.3) is 10.2 Å². The lowest BCUT2D eigenvalue weighted by atomic mass is 10.1. The van der Waals surface area contributed by atoms with Gasteiger partial charge in [-0.05, 0) is 31.2 Å². The van der Waals surface area contributed by atoms with Crippen LogP contribution in [-0.4, -0.2) is 15.1 Å². The third kappa shape index (κ3) is 2.64. The molecular formula is C15H14N2OS. The van der Waals surface area contributed by atoms with Gasteiger partial charge in [0.05, 0.1) is 20.9 Å². The Morgan fingerprint density at radius 1 is 1.11 bits per heavy atom. The second-order valence-corrected chi connectivity index (χ2v) is 5.61. The lowest BCUT2D eigenvalue weighted by molar-refractivity contribution is 0.173. The molecule has 0 amide bonds. The number of fused-ring (bicyclic) bond motifs is 1. The molecule has 3 nitrogen and oxygen atoms in total. The molecule has 2 heterocycles. The van der Waals surface area contributed by atoms with Gasteiger partial charge in [-0.15, -0.1) is 11.3 Å². The molecule has 0 bridgehead atoms. The second-order valence-electron chi connectivity index (χ2n) is 4.50. The van der Waals surface area contributed by atoms with Crippen molar-refractivity contribution in [1.82, 2.24) is 9.97 Å². The summed E-state index contributed by atoms with van der Waals surface area (Å²) in [6, 6.07) is 13.7. The van der Waals surface area contributed by atoms with E-state index in [4.69, 9.17) is 0 Å². The smallest absolute Gasteiger partial charge is 0.102 e. The molecule has 0 aliphatic rings. The summed E-state index contributed by atoms with van der Waals surface area (Å²) in [6.45, 7) is 1.92. The molecule has 0 saturated carbocycles. The highest BCUT2D eigenvalue weighted by Gasteiger charge is 2.13. The Morgan fingerprint density at radius 2 is 1.95 bits per heavy atom. The lowest BCUT2D eigenvalue weighted by Crippen LogP contribution is -2.04. The van der Waals surface area contributed by atoms with Crippen molar-refractivity contribution in [3.8, 4) is 0 Å². The van der Waals surface area contributed by atoms with Crippen LogP contribution in [0, 0.1) is 6.92 Å². The van der Waals surface area contributed by atoms with Gasteiger partial charge in [-0.3, -0.25) is 4.98 Å². The van der Waals surface area contributed by atoms with E-state index in [1.54, 1.807) is 11.3 Å². The van der Waals surface area contributed by atoms with Crippen molar-refractivity contribution in [2.75, 3.05) is 0 Å². The first-order chi connectivity index (χ1) is 9.22. The summed E-state index contributed by atoms with van der Waals surface area (Å²) in [4.78, 5) is 8.88. The summed E-state index contributed by atoms with van der Waals surface area (Å²) in [7, 11) is 0. The highest BCUT2D eigenvalue weighted by atomic mass is 32.1. The number of benzene rings is 1. The molecule has 96 valence electrons. The van der Waals surface area contributed by atoms with Crippen LogP contribution in [0.5, 0.6) is 0 Å². The van der Waals surface area contributed by atoms with Crippen molar-refractivity contribution >= 4 is 21.6 Å². The number of para-hydroxylation sites is 1. The van der Waals surface area contributed by atoms with Gasteiger partial charge in [0, 0.05) is 12.1 Å². The van der Waals surface area contributed by atoms with E-state index in [-0.39, 0.29) is 0 Å². The summed E-state index contributed by atoms with van der Waals surface area (Å²) in [5.41, 5.74) is 2.62. The molecule has 0 aliphatic heterocycles. The summed E-state index contributed by atoms with van der Waals surface area (Å²) < 4.78 is 1.15. The first-order valence-electron chi connectivity index (χ1n) is 6.18. The first kappa shape index (κ1) is 12.3. The van der Waals surface area contributed by atoms with Crippen molar-refractivity contribution in [2.24, 2.45) is 0 Å². The van der Waals surface area contributed by atoms with Crippen molar-refractivity contribution in [1.29, 1.82) is 0 Å². The maximum atomic E-state index is 10.2. The number of aryl methyl sites for hydroxylation is 1. The molecule has 1 aromatic carbocycles. The van der Waals surface area contributed by atoms with Gasteiger partial charge in [-0.2, -0.15) is 0 Å². The number of nitrogens with zero attached hydrogens (tertiary/aromatic N) is 2. The Balaban J connectivity index is 1.84. The largest absolute Gasteiger partial charge is 0.386 e. The molecule has 0 spiro atoms. The molecule has 2 aromatic heterocycles. The van der Waals surface area contributed by atoms with Gasteiger partial charge >= 0.3 is 0 Å². The highest BCUT2D eigenvalue weighted by molar-refractivity contribution is 7.18. The van der Waals surface area contributed by atoms with E-state index in [1.807, 2.05) is 49.4 Å². The Bertz CT molecular complexity index is 675.